The number of imidazole rings is 1. The molecule has 2 aliphatic rings. The highest BCUT2D eigenvalue weighted by Crippen LogP contribution is 2.43. The van der Waals surface area contributed by atoms with E-state index in [1.165, 1.54) is 18.1 Å². The zero-order valence-electron chi connectivity index (χ0n) is 19.3. The van der Waals surface area contributed by atoms with Crippen molar-refractivity contribution in [1.29, 1.82) is 0 Å². The molecule has 2 aliphatic heterocycles. The van der Waals surface area contributed by atoms with E-state index in [9.17, 15) is 9.59 Å². The zero-order chi connectivity index (χ0) is 25.4. The number of rotatable bonds is 6. The molecule has 1 fully saturated rings. The molecule has 14 heteroatoms. The highest BCUT2D eigenvalue weighted by atomic mass is 79.9. The minimum absolute atomic E-state index is 0.118. The van der Waals surface area contributed by atoms with Crippen LogP contribution in [0.2, 0.25) is 0 Å². The Morgan fingerprint density at radius 2 is 2.11 bits per heavy atom. The molecule has 12 nitrogen and oxygen atoms in total. The summed E-state index contributed by atoms with van der Waals surface area (Å²) in [6.45, 7) is 3.39. The summed E-state index contributed by atoms with van der Waals surface area (Å²) in [5.41, 5.74) is 7.24. The van der Waals surface area contributed by atoms with E-state index in [4.69, 9.17) is 25.3 Å². The third-order valence-corrected chi connectivity index (χ3v) is 8.11. The van der Waals surface area contributed by atoms with Crippen LogP contribution in [0.25, 0.3) is 11.2 Å². The summed E-state index contributed by atoms with van der Waals surface area (Å²) < 4.78 is 13.8. The van der Waals surface area contributed by atoms with Gasteiger partial charge in [-0.3, -0.25) is 4.79 Å². The number of nitrogens with one attached hydrogen (secondary N) is 1. The van der Waals surface area contributed by atoms with Crippen molar-refractivity contribution >= 4 is 56.7 Å². The Balaban J connectivity index is 1.42. The molecule has 1 unspecified atom stereocenters. The van der Waals surface area contributed by atoms with Crippen LogP contribution in [0, 0.1) is 5.92 Å². The normalized spacial score (nSPS) is 17.8. The average Bonchev–Trinajstić information content (AvgIpc) is 3.43. The minimum atomic E-state index is -1.22. The van der Waals surface area contributed by atoms with Gasteiger partial charge in [-0.25, -0.2) is 19.7 Å². The molecule has 3 aromatic rings. The lowest BCUT2D eigenvalue weighted by Crippen LogP contribution is -2.50. The SMILES string of the molecule is C[C@H](NC(=O)O)C(=O)N1CCCC(Cn2c(Sc3cc4c(cc3Br)OCO4)nc3c(N)ncnc32)C1. The van der Waals surface area contributed by atoms with Gasteiger partial charge in [0.2, 0.25) is 12.7 Å². The topological polar surface area (TPSA) is 158 Å². The number of hydrogen-bond donors (Lipinski definition) is 3. The number of nitrogens with two attached hydrogens (primary N) is 1. The average molecular weight is 578 g/mol. The minimum Gasteiger partial charge on any atom is -0.465 e. The number of carboxylic acid groups (broad SMARTS) is 1. The van der Waals surface area contributed by atoms with E-state index < -0.39 is 12.1 Å². The molecule has 5 rings (SSSR count). The third-order valence-electron chi connectivity index (χ3n) is 6.14. The van der Waals surface area contributed by atoms with Gasteiger partial charge in [0, 0.05) is 29.0 Å². The number of likely N-dealkylation sites (tertiary alicyclic amines) is 1. The highest BCUT2D eigenvalue weighted by Gasteiger charge is 2.29. The van der Waals surface area contributed by atoms with Crippen LogP contribution in [0.3, 0.4) is 0 Å². The second-order valence-electron chi connectivity index (χ2n) is 8.64. The maximum Gasteiger partial charge on any atom is 0.405 e. The number of halogens is 1. The van der Waals surface area contributed by atoms with Crippen LogP contribution in [-0.2, 0) is 11.3 Å². The Bertz CT molecular complexity index is 1340. The smallest absolute Gasteiger partial charge is 0.405 e. The van der Waals surface area contributed by atoms with Crippen molar-refractivity contribution in [3.8, 4) is 11.5 Å². The van der Waals surface area contributed by atoms with Crippen molar-refractivity contribution in [3.63, 3.8) is 0 Å². The lowest BCUT2D eigenvalue weighted by Gasteiger charge is -2.34. The van der Waals surface area contributed by atoms with Crippen LogP contribution in [0.5, 0.6) is 11.5 Å². The standard InChI is InChI=1S/C22H24BrN7O5S/c1-11(27-22(32)33)20(31)29-4-2-3-12(7-29)8-30-19-17(18(24)25-9-26-19)28-21(30)36-16-6-15-14(5-13(16)23)34-10-35-15/h5-6,9,11-12,27H,2-4,7-8,10H2,1H3,(H,32,33)(H2,24,25,26)/t11-,12?/m0/s1. The first-order valence-corrected chi connectivity index (χ1v) is 12.9. The number of hydrogen-bond acceptors (Lipinski definition) is 9. The van der Waals surface area contributed by atoms with Gasteiger partial charge in [-0.15, -0.1) is 0 Å². The number of fused-ring (bicyclic) bond motifs is 2. The first-order valence-electron chi connectivity index (χ1n) is 11.3. The van der Waals surface area contributed by atoms with Crippen LogP contribution in [0.15, 0.2) is 33.0 Å². The zero-order valence-corrected chi connectivity index (χ0v) is 21.7. The summed E-state index contributed by atoms with van der Waals surface area (Å²) in [5.74, 6) is 1.51. The third kappa shape index (κ3) is 4.87. The van der Waals surface area contributed by atoms with E-state index in [1.807, 2.05) is 16.7 Å². The number of amides is 2. The molecule has 2 atom stereocenters. The molecule has 0 radical (unpaired) electrons. The summed E-state index contributed by atoms with van der Waals surface area (Å²) in [6, 6.07) is 2.95. The molecule has 1 saturated heterocycles. The number of piperidine rings is 1. The predicted octanol–water partition coefficient (Wildman–Crippen LogP) is 2.95. The van der Waals surface area contributed by atoms with Gasteiger partial charge in [0.25, 0.3) is 0 Å². The van der Waals surface area contributed by atoms with E-state index in [2.05, 4.69) is 31.2 Å². The summed E-state index contributed by atoms with van der Waals surface area (Å²) in [7, 11) is 0. The lowest BCUT2D eigenvalue weighted by atomic mass is 9.97. The quantitative estimate of drug-likeness (QED) is 0.397. The molecule has 1 aromatic carbocycles. The van der Waals surface area contributed by atoms with Crippen LogP contribution in [-0.4, -0.2) is 67.5 Å². The first kappa shape index (κ1) is 24.4. The Kier molecular flexibility index (Phi) is 6.79. The van der Waals surface area contributed by atoms with Crippen LogP contribution < -0.4 is 20.5 Å². The number of anilines is 1. The van der Waals surface area contributed by atoms with E-state index in [0.717, 1.165) is 22.2 Å². The van der Waals surface area contributed by atoms with Gasteiger partial charge in [0.1, 0.15) is 12.4 Å². The molecular formula is C22H24BrN7O5S. The maximum absolute atomic E-state index is 12.8. The van der Waals surface area contributed by atoms with Crippen LogP contribution >= 0.6 is 27.7 Å². The largest absolute Gasteiger partial charge is 0.465 e. The molecule has 0 bridgehead atoms. The molecule has 2 aromatic heterocycles. The maximum atomic E-state index is 12.8. The van der Waals surface area contributed by atoms with E-state index in [0.29, 0.717) is 53.3 Å². The molecule has 190 valence electrons. The number of nitrogens with zero attached hydrogens (tertiary/aromatic N) is 5. The van der Waals surface area contributed by atoms with E-state index in [-0.39, 0.29) is 18.6 Å². The van der Waals surface area contributed by atoms with Crippen molar-refractivity contribution in [1.82, 2.24) is 29.7 Å². The van der Waals surface area contributed by atoms with Crippen molar-refractivity contribution < 1.29 is 24.2 Å². The predicted molar refractivity (Wildman–Crippen MR) is 134 cm³/mol. The van der Waals surface area contributed by atoms with Crippen molar-refractivity contribution in [2.45, 2.75) is 42.4 Å². The number of carbonyl (C=O) groups is 2. The molecule has 0 spiro atoms. The number of ether oxygens (including phenoxy) is 2. The van der Waals surface area contributed by atoms with E-state index >= 15 is 0 Å². The lowest BCUT2D eigenvalue weighted by molar-refractivity contribution is -0.134. The van der Waals surface area contributed by atoms with Gasteiger partial charge in [0.05, 0.1) is 0 Å². The fraction of sp³-hybridized carbons (Fsp3) is 0.409. The molecule has 36 heavy (non-hydrogen) atoms. The summed E-state index contributed by atoms with van der Waals surface area (Å²) >= 11 is 5.04. The summed E-state index contributed by atoms with van der Waals surface area (Å²) in [6.07, 6.45) is 1.91. The van der Waals surface area contributed by atoms with Crippen LogP contribution in [0.1, 0.15) is 19.8 Å². The molecule has 4 N–H and O–H groups in total. The van der Waals surface area contributed by atoms with Gasteiger partial charge >= 0.3 is 6.09 Å². The molecular weight excluding hydrogens is 554 g/mol. The number of carbonyl (C=O) groups excluding carboxylic acids is 1. The van der Waals surface area contributed by atoms with Gasteiger partial charge in [-0.1, -0.05) is 11.8 Å². The fourth-order valence-electron chi connectivity index (χ4n) is 4.44. The fourth-order valence-corrected chi connectivity index (χ4v) is 5.94. The van der Waals surface area contributed by atoms with E-state index in [1.54, 1.807) is 11.8 Å². The van der Waals surface area contributed by atoms with Crippen molar-refractivity contribution in [3.05, 3.63) is 22.9 Å². The number of nitrogen functional groups attached to an aromatic ring is 1. The molecule has 2 amide bonds. The Labute approximate surface area is 218 Å². The Hall–Kier alpha value is -3.26. The Morgan fingerprint density at radius 3 is 2.89 bits per heavy atom. The monoisotopic (exact) mass is 577 g/mol. The first-order chi connectivity index (χ1) is 17.3. The Morgan fingerprint density at radius 1 is 1.33 bits per heavy atom. The number of aromatic nitrogens is 4. The van der Waals surface area contributed by atoms with Gasteiger partial charge < -0.3 is 35.1 Å². The van der Waals surface area contributed by atoms with Gasteiger partial charge in [-0.05, 0) is 53.7 Å². The second kappa shape index (κ2) is 10.0. The molecule has 0 aliphatic carbocycles. The summed E-state index contributed by atoms with van der Waals surface area (Å²) in [4.78, 5) is 39.6. The summed E-state index contributed by atoms with van der Waals surface area (Å²) in [5, 5.41) is 11.9. The van der Waals surface area contributed by atoms with Crippen LogP contribution in [0.4, 0.5) is 10.6 Å². The van der Waals surface area contributed by atoms with Crippen molar-refractivity contribution in [2.75, 3.05) is 25.6 Å². The molecule has 4 heterocycles. The highest BCUT2D eigenvalue weighted by molar-refractivity contribution is 9.10. The van der Waals surface area contributed by atoms with Gasteiger partial charge in [-0.2, -0.15) is 0 Å². The number of benzene rings is 1. The van der Waals surface area contributed by atoms with Gasteiger partial charge in [0.15, 0.2) is 33.6 Å². The van der Waals surface area contributed by atoms with Crippen molar-refractivity contribution in [2.24, 2.45) is 5.92 Å². The molecule has 0 saturated carbocycles. The second-order valence-corrected chi connectivity index (χ2v) is 10.5.